The predicted octanol–water partition coefficient (Wildman–Crippen LogP) is 2.88. The molecule has 8 heteroatoms. The Balaban J connectivity index is 1.79. The standard InChI is InChI=1S/C22H38F2N4O2/c1-4-29-14-21(15-30-5-2)8-6-16(7-9-21)20-18(10-17(25)12-26-3)27-28-13-22(23,24)11-19(20)28/h16-17,26H,4-15,25H2,1-3H3. The van der Waals surface area contributed by atoms with Crippen LogP contribution in [-0.4, -0.2) is 61.8 Å². The first-order valence-corrected chi connectivity index (χ1v) is 11.3. The zero-order valence-corrected chi connectivity index (χ0v) is 18.7. The fraction of sp³-hybridized carbons (Fsp3) is 0.864. The molecular weight excluding hydrogens is 390 g/mol. The first kappa shape index (κ1) is 23.6. The molecule has 30 heavy (non-hydrogen) atoms. The molecule has 1 atom stereocenters. The fourth-order valence-corrected chi connectivity index (χ4v) is 5.09. The molecule has 1 aliphatic carbocycles. The quantitative estimate of drug-likeness (QED) is 0.567. The number of nitrogens with two attached hydrogens (primary N) is 1. The number of rotatable bonds is 11. The van der Waals surface area contributed by atoms with Gasteiger partial charge in [-0.3, -0.25) is 4.68 Å². The number of fused-ring (bicyclic) bond motifs is 1. The van der Waals surface area contributed by atoms with Crippen LogP contribution in [0.3, 0.4) is 0 Å². The second-order valence-electron chi connectivity index (χ2n) is 9.07. The van der Waals surface area contributed by atoms with Crippen molar-refractivity contribution in [3.05, 3.63) is 17.0 Å². The molecule has 2 aliphatic rings. The lowest BCUT2D eigenvalue weighted by atomic mass is 9.69. The molecule has 0 aromatic carbocycles. The molecule has 172 valence electrons. The van der Waals surface area contributed by atoms with Gasteiger partial charge in [0.25, 0.3) is 5.92 Å². The van der Waals surface area contributed by atoms with E-state index < -0.39 is 5.92 Å². The summed E-state index contributed by atoms with van der Waals surface area (Å²) in [7, 11) is 1.87. The van der Waals surface area contributed by atoms with Gasteiger partial charge in [-0.15, -0.1) is 0 Å². The van der Waals surface area contributed by atoms with Crippen molar-refractivity contribution in [1.29, 1.82) is 0 Å². The lowest BCUT2D eigenvalue weighted by Gasteiger charge is -2.40. The summed E-state index contributed by atoms with van der Waals surface area (Å²) >= 11 is 0. The summed E-state index contributed by atoms with van der Waals surface area (Å²) in [5.74, 6) is -2.46. The molecule has 1 aromatic heterocycles. The van der Waals surface area contributed by atoms with Crippen LogP contribution in [0, 0.1) is 5.41 Å². The molecule has 1 aromatic rings. The number of aromatic nitrogens is 2. The van der Waals surface area contributed by atoms with Crippen LogP contribution in [0.25, 0.3) is 0 Å². The zero-order chi connectivity index (χ0) is 21.8. The number of nitrogens with zero attached hydrogens (tertiary/aromatic N) is 2. The van der Waals surface area contributed by atoms with Gasteiger partial charge in [-0.2, -0.15) is 5.10 Å². The van der Waals surface area contributed by atoms with Crippen molar-refractivity contribution in [1.82, 2.24) is 15.1 Å². The van der Waals surface area contributed by atoms with Crippen molar-refractivity contribution < 1.29 is 18.3 Å². The molecule has 2 heterocycles. The number of hydrogen-bond donors (Lipinski definition) is 2. The summed E-state index contributed by atoms with van der Waals surface area (Å²) in [5, 5.41) is 7.69. The van der Waals surface area contributed by atoms with Crippen molar-refractivity contribution in [2.45, 2.75) is 76.8 Å². The SMILES string of the molecule is CCOCC1(COCC)CCC(c2c(CC(N)CNC)nn3c2CC(F)(F)C3)CC1. The maximum absolute atomic E-state index is 14.1. The molecule has 0 spiro atoms. The van der Waals surface area contributed by atoms with E-state index in [0.29, 0.717) is 39.4 Å². The maximum Gasteiger partial charge on any atom is 0.272 e. The third kappa shape index (κ3) is 5.39. The van der Waals surface area contributed by atoms with E-state index in [1.54, 1.807) is 4.68 Å². The number of ether oxygens (including phenoxy) is 2. The Labute approximate surface area is 178 Å². The van der Waals surface area contributed by atoms with Crippen molar-refractivity contribution in [2.75, 3.05) is 40.0 Å². The lowest BCUT2D eigenvalue weighted by molar-refractivity contribution is -0.0396. The molecule has 0 saturated heterocycles. The largest absolute Gasteiger partial charge is 0.381 e. The third-order valence-electron chi connectivity index (χ3n) is 6.58. The minimum Gasteiger partial charge on any atom is -0.381 e. The van der Waals surface area contributed by atoms with Crippen LogP contribution in [0.4, 0.5) is 8.78 Å². The molecule has 1 aliphatic heterocycles. The monoisotopic (exact) mass is 428 g/mol. The van der Waals surface area contributed by atoms with E-state index in [9.17, 15) is 8.78 Å². The van der Waals surface area contributed by atoms with E-state index in [1.165, 1.54) is 0 Å². The second kappa shape index (κ2) is 10.0. The zero-order valence-electron chi connectivity index (χ0n) is 18.7. The minimum atomic E-state index is -2.70. The molecule has 0 bridgehead atoms. The number of halogens is 2. The molecular formula is C22H38F2N4O2. The Kier molecular flexibility index (Phi) is 7.87. The van der Waals surface area contributed by atoms with Crippen molar-refractivity contribution in [3.8, 4) is 0 Å². The van der Waals surface area contributed by atoms with Crippen molar-refractivity contribution >= 4 is 0 Å². The highest BCUT2D eigenvalue weighted by Crippen LogP contribution is 2.47. The van der Waals surface area contributed by atoms with Gasteiger partial charge in [0.05, 0.1) is 25.3 Å². The van der Waals surface area contributed by atoms with E-state index in [0.717, 1.165) is 42.6 Å². The van der Waals surface area contributed by atoms with Gasteiger partial charge in [0.2, 0.25) is 0 Å². The number of nitrogens with one attached hydrogen (secondary N) is 1. The van der Waals surface area contributed by atoms with Gasteiger partial charge in [-0.05, 0) is 58.1 Å². The van der Waals surface area contributed by atoms with E-state index in [4.69, 9.17) is 15.2 Å². The predicted molar refractivity (Wildman–Crippen MR) is 113 cm³/mol. The Morgan fingerprint density at radius 3 is 2.40 bits per heavy atom. The Bertz CT molecular complexity index is 677. The normalized spacial score (nSPS) is 21.7. The van der Waals surface area contributed by atoms with Crippen LogP contribution in [0.5, 0.6) is 0 Å². The van der Waals surface area contributed by atoms with Crippen LogP contribution < -0.4 is 11.1 Å². The average Bonchev–Trinajstić information content (AvgIpc) is 3.16. The summed E-state index contributed by atoms with van der Waals surface area (Å²) in [6.45, 7) is 7.15. The first-order valence-electron chi connectivity index (χ1n) is 11.3. The van der Waals surface area contributed by atoms with Gasteiger partial charge in [0.15, 0.2) is 0 Å². The number of likely N-dealkylation sites (N-methyl/N-ethyl adjacent to an activating group) is 1. The van der Waals surface area contributed by atoms with Gasteiger partial charge in [-0.25, -0.2) is 8.78 Å². The van der Waals surface area contributed by atoms with Gasteiger partial charge in [-0.1, -0.05) is 0 Å². The number of hydrogen-bond acceptors (Lipinski definition) is 5. The van der Waals surface area contributed by atoms with Gasteiger partial charge >= 0.3 is 0 Å². The average molecular weight is 429 g/mol. The highest BCUT2D eigenvalue weighted by Gasteiger charge is 2.44. The van der Waals surface area contributed by atoms with Crippen molar-refractivity contribution in [3.63, 3.8) is 0 Å². The highest BCUT2D eigenvalue weighted by atomic mass is 19.3. The van der Waals surface area contributed by atoms with E-state index in [-0.39, 0.29) is 30.3 Å². The molecule has 3 rings (SSSR count). The maximum atomic E-state index is 14.1. The topological polar surface area (TPSA) is 74.3 Å². The smallest absolute Gasteiger partial charge is 0.272 e. The summed E-state index contributed by atoms with van der Waals surface area (Å²) in [4.78, 5) is 0. The molecule has 0 radical (unpaired) electrons. The number of alkyl halides is 2. The molecule has 6 nitrogen and oxygen atoms in total. The third-order valence-corrected chi connectivity index (χ3v) is 6.58. The lowest BCUT2D eigenvalue weighted by Crippen LogP contribution is -2.37. The Morgan fingerprint density at radius 1 is 1.20 bits per heavy atom. The van der Waals surface area contributed by atoms with Crippen molar-refractivity contribution in [2.24, 2.45) is 11.1 Å². The molecule has 0 amide bonds. The van der Waals surface area contributed by atoms with Gasteiger partial charge in [0, 0.05) is 43.3 Å². The van der Waals surface area contributed by atoms with Crippen LogP contribution in [0.15, 0.2) is 0 Å². The van der Waals surface area contributed by atoms with Crippen LogP contribution in [0.1, 0.15) is 62.4 Å². The Morgan fingerprint density at radius 2 is 1.83 bits per heavy atom. The molecule has 1 saturated carbocycles. The summed E-state index contributed by atoms with van der Waals surface area (Å²) in [5.41, 5.74) is 8.94. The summed E-state index contributed by atoms with van der Waals surface area (Å²) < 4.78 is 41.3. The molecule has 3 N–H and O–H groups in total. The minimum absolute atomic E-state index is 0.0193. The van der Waals surface area contributed by atoms with Crippen LogP contribution in [0.2, 0.25) is 0 Å². The second-order valence-corrected chi connectivity index (χ2v) is 9.07. The van der Waals surface area contributed by atoms with Crippen LogP contribution in [-0.2, 0) is 28.9 Å². The Hall–Kier alpha value is -1.09. The van der Waals surface area contributed by atoms with E-state index in [2.05, 4.69) is 10.4 Å². The highest BCUT2D eigenvalue weighted by molar-refractivity contribution is 5.34. The first-order chi connectivity index (χ1) is 14.3. The van der Waals surface area contributed by atoms with E-state index >= 15 is 0 Å². The van der Waals surface area contributed by atoms with Gasteiger partial charge < -0.3 is 20.5 Å². The molecule has 1 fully saturated rings. The summed E-state index contributed by atoms with van der Waals surface area (Å²) in [6, 6.07) is -0.0801. The summed E-state index contributed by atoms with van der Waals surface area (Å²) in [6.07, 6.45) is 4.23. The van der Waals surface area contributed by atoms with E-state index in [1.807, 2.05) is 20.9 Å². The van der Waals surface area contributed by atoms with Crippen LogP contribution >= 0.6 is 0 Å². The fourth-order valence-electron chi connectivity index (χ4n) is 5.09. The van der Waals surface area contributed by atoms with Gasteiger partial charge in [0.1, 0.15) is 6.54 Å². The molecule has 1 unspecified atom stereocenters.